The van der Waals surface area contributed by atoms with Crippen LogP contribution in [-0.2, 0) is 11.3 Å². The van der Waals surface area contributed by atoms with Crippen LogP contribution in [0.25, 0.3) is 0 Å². The van der Waals surface area contributed by atoms with Crippen LogP contribution in [-0.4, -0.2) is 24.4 Å². The third-order valence-electron chi connectivity index (χ3n) is 3.75. The summed E-state index contributed by atoms with van der Waals surface area (Å²) in [5.41, 5.74) is 0.987. The number of aliphatic hydroxyl groups is 1. The molecule has 1 unspecified atom stereocenters. The minimum atomic E-state index is -0.404. The molecule has 21 heavy (non-hydrogen) atoms. The molecule has 0 spiro atoms. The van der Waals surface area contributed by atoms with E-state index < -0.39 is 6.09 Å². The molecule has 2 N–H and O–H groups in total. The Labute approximate surface area is 127 Å². The molecule has 0 radical (unpaired) electrons. The van der Waals surface area contributed by atoms with E-state index >= 15 is 0 Å². The molecule has 1 atom stereocenters. The molecule has 1 amide bonds. The predicted molar refractivity (Wildman–Crippen MR) is 83.9 cm³/mol. The van der Waals surface area contributed by atoms with Crippen LogP contribution in [0.15, 0.2) is 30.3 Å². The summed E-state index contributed by atoms with van der Waals surface area (Å²) in [6.45, 7) is 2.23. The van der Waals surface area contributed by atoms with Crippen molar-refractivity contribution in [1.82, 2.24) is 5.32 Å². The van der Waals surface area contributed by atoms with Gasteiger partial charge in [0.15, 0.2) is 0 Å². The van der Waals surface area contributed by atoms with Crippen molar-refractivity contribution in [2.75, 3.05) is 7.05 Å². The third kappa shape index (κ3) is 7.71. The molecule has 1 aliphatic rings. The summed E-state index contributed by atoms with van der Waals surface area (Å²) in [5, 5.41) is 11.6. The second-order valence-corrected chi connectivity index (χ2v) is 5.45. The maximum absolute atomic E-state index is 10.7. The van der Waals surface area contributed by atoms with Gasteiger partial charge < -0.3 is 15.2 Å². The highest BCUT2D eigenvalue weighted by Crippen LogP contribution is 2.25. The molecule has 4 nitrogen and oxygen atoms in total. The van der Waals surface area contributed by atoms with Gasteiger partial charge in [0, 0.05) is 7.05 Å². The Morgan fingerprint density at radius 1 is 1.29 bits per heavy atom. The van der Waals surface area contributed by atoms with Crippen LogP contribution in [0.4, 0.5) is 4.79 Å². The molecule has 0 saturated heterocycles. The SMILES string of the molecule is CC(O)C1CCCCC1.CNC(=O)OCc1ccccc1. The normalized spacial score (nSPS) is 16.3. The van der Waals surface area contributed by atoms with Gasteiger partial charge in [-0.15, -0.1) is 0 Å². The number of aliphatic hydroxyl groups excluding tert-OH is 1. The van der Waals surface area contributed by atoms with Crippen molar-refractivity contribution in [2.24, 2.45) is 5.92 Å². The van der Waals surface area contributed by atoms with Crippen LogP contribution in [0.3, 0.4) is 0 Å². The van der Waals surface area contributed by atoms with E-state index in [-0.39, 0.29) is 6.10 Å². The van der Waals surface area contributed by atoms with Gasteiger partial charge in [0.05, 0.1) is 6.10 Å². The Morgan fingerprint density at radius 2 is 1.90 bits per heavy atom. The second-order valence-electron chi connectivity index (χ2n) is 5.45. The van der Waals surface area contributed by atoms with Gasteiger partial charge in [-0.1, -0.05) is 49.6 Å². The molecule has 4 heteroatoms. The van der Waals surface area contributed by atoms with E-state index in [0.717, 1.165) is 5.56 Å². The molecule has 1 fully saturated rings. The first-order valence-electron chi connectivity index (χ1n) is 7.70. The summed E-state index contributed by atoms with van der Waals surface area (Å²) in [5.74, 6) is 0.610. The van der Waals surface area contributed by atoms with E-state index in [4.69, 9.17) is 4.74 Å². The van der Waals surface area contributed by atoms with Gasteiger partial charge in [-0.05, 0) is 31.2 Å². The molecule has 118 valence electrons. The van der Waals surface area contributed by atoms with E-state index in [1.165, 1.54) is 39.2 Å². The van der Waals surface area contributed by atoms with Gasteiger partial charge in [0.25, 0.3) is 0 Å². The summed E-state index contributed by atoms with van der Waals surface area (Å²) >= 11 is 0. The molecule has 1 aromatic rings. The summed E-state index contributed by atoms with van der Waals surface area (Å²) in [4.78, 5) is 10.7. The van der Waals surface area contributed by atoms with Crippen molar-refractivity contribution in [3.05, 3.63) is 35.9 Å². The van der Waals surface area contributed by atoms with Gasteiger partial charge in [-0.2, -0.15) is 0 Å². The lowest BCUT2D eigenvalue weighted by atomic mass is 9.86. The average molecular weight is 293 g/mol. The van der Waals surface area contributed by atoms with E-state index in [1.807, 2.05) is 37.3 Å². The Hall–Kier alpha value is -1.55. The Bertz CT molecular complexity index is 386. The molecular formula is C17H27NO3. The fourth-order valence-corrected chi connectivity index (χ4v) is 2.41. The van der Waals surface area contributed by atoms with Crippen molar-refractivity contribution in [2.45, 2.75) is 51.7 Å². The molecule has 0 heterocycles. The van der Waals surface area contributed by atoms with Crippen LogP contribution in [0.1, 0.15) is 44.6 Å². The number of nitrogens with one attached hydrogen (secondary N) is 1. The lowest BCUT2D eigenvalue weighted by Crippen LogP contribution is -2.19. The first-order valence-corrected chi connectivity index (χ1v) is 7.70. The summed E-state index contributed by atoms with van der Waals surface area (Å²) < 4.78 is 4.83. The smallest absolute Gasteiger partial charge is 0.407 e. The maximum atomic E-state index is 10.7. The highest BCUT2D eigenvalue weighted by molar-refractivity contribution is 5.66. The fourth-order valence-electron chi connectivity index (χ4n) is 2.41. The van der Waals surface area contributed by atoms with Crippen molar-refractivity contribution >= 4 is 6.09 Å². The minimum Gasteiger partial charge on any atom is -0.445 e. The van der Waals surface area contributed by atoms with Crippen LogP contribution in [0.5, 0.6) is 0 Å². The molecule has 0 bridgehead atoms. The number of hydrogen-bond donors (Lipinski definition) is 2. The Balaban J connectivity index is 0.000000219. The number of amides is 1. The van der Waals surface area contributed by atoms with Gasteiger partial charge in [-0.3, -0.25) is 0 Å². The highest BCUT2D eigenvalue weighted by atomic mass is 16.5. The molecule has 1 aliphatic carbocycles. The van der Waals surface area contributed by atoms with E-state index in [0.29, 0.717) is 12.5 Å². The zero-order valence-electron chi connectivity index (χ0n) is 13.0. The molecule has 1 aromatic carbocycles. The number of benzene rings is 1. The van der Waals surface area contributed by atoms with Crippen LogP contribution in [0.2, 0.25) is 0 Å². The Morgan fingerprint density at radius 3 is 2.38 bits per heavy atom. The van der Waals surface area contributed by atoms with Gasteiger partial charge in [0.2, 0.25) is 0 Å². The van der Waals surface area contributed by atoms with Crippen molar-refractivity contribution in [3.8, 4) is 0 Å². The van der Waals surface area contributed by atoms with E-state index in [2.05, 4.69) is 5.32 Å². The first kappa shape index (κ1) is 17.5. The number of hydrogen-bond acceptors (Lipinski definition) is 3. The number of rotatable bonds is 3. The first-order chi connectivity index (χ1) is 10.1. The van der Waals surface area contributed by atoms with Crippen LogP contribution >= 0.6 is 0 Å². The van der Waals surface area contributed by atoms with Crippen LogP contribution in [0, 0.1) is 5.92 Å². The molecule has 1 saturated carbocycles. The van der Waals surface area contributed by atoms with Gasteiger partial charge >= 0.3 is 6.09 Å². The Kier molecular flexibility index (Phi) is 8.51. The number of carbonyl (C=O) groups is 1. The lowest BCUT2D eigenvalue weighted by Gasteiger charge is -2.23. The van der Waals surface area contributed by atoms with Gasteiger partial charge in [-0.25, -0.2) is 4.79 Å². The van der Waals surface area contributed by atoms with Crippen LogP contribution < -0.4 is 5.32 Å². The van der Waals surface area contributed by atoms with Crippen molar-refractivity contribution in [3.63, 3.8) is 0 Å². The zero-order valence-corrected chi connectivity index (χ0v) is 13.0. The third-order valence-corrected chi connectivity index (χ3v) is 3.75. The van der Waals surface area contributed by atoms with Gasteiger partial charge in [0.1, 0.15) is 6.61 Å². The quantitative estimate of drug-likeness (QED) is 0.897. The largest absolute Gasteiger partial charge is 0.445 e. The highest BCUT2D eigenvalue weighted by Gasteiger charge is 2.17. The van der Waals surface area contributed by atoms with E-state index in [9.17, 15) is 9.90 Å². The maximum Gasteiger partial charge on any atom is 0.407 e. The molecule has 2 rings (SSSR count). The fraction of sp³-hybridized carbons (Fsp3) is 0.588. The minimum absolute atomic E-state index is 0.0645. The zero-order chi connectivity index (χ0) is 15.5. The predicted octanol–water partition coefficient (Wildman–Crippen LogP) is 3.49. The summed E-state index contributed by atoms with van der Waals surface area (Å²) in [6, 6.07) is 9.54. The summed E-state index contributed by atoms with van der Waals surface area (Å²) in [7, 11) is 1.54. The second kappa shape index (κ2) is 10.2. The van der Waals surface area contributed by atoms with E-state index in [1.54, 1.807) is 0 Å². The molecule has 0 aliphatic heterocycles. The molecule has 0 aromatic heterocycles. The average Bonchev–Trinajstić information content (AvgIpc) is 2.55. The number of alkyl carbamates (subject to hydrolysis) is 1. The molecular weight excluding hydrogens is 266 g/mol. The number of carbonyl (C=O) groups excluding carboxylic acids is 1. The lowest BCUT2D eigenvalue weighted by molar-refractivity contribution is 0.101. The monoisotopic (exact) mass is 293 g/mol. The summed E-state index contributed by atoms with van der Waals surface area (Å²) in [6.07, 6.45) is 6.06. The standard InChI is InChI=1S/C9H11NO2.C8H16O/c1-10-9(11)12-7-8-5-3-2-4-6-8;1-7(9)8-5-3-2-4-6-8/h2-6H,7H2,1H3,(H,10,11);7-9H,2-6H2,1H3. The topological polar surface area (TPSA) is 58.6 Å². The number of ether oxygens (including phenoxy) is 1. The van der Waals surface area contributed by atoms with Crippen molar-refractivity contribution < 1.29 is 14.6 Å². The van der Waals surface area contributed by atoms with Crippen molar-refractivity contribution in [1.29, 1.82) is 0 Å².